The van der Waals surface area contributed by atoms with E-state index in [-0.39, 0.29) is 27.7 Å². The van der Waals surface area contributed by atoms with Gasteiger partial charge in [-0.3, -0.25) is 19.6 Å². The number of carbonyl (C=O) groups is 2. The Bertz CT molecular complexity index is 1140. The van der Waals surface area contributed by atoms with Crippen LogP contribution in [0.15, 0.2) is 47.4 Å². The molecule has 0 aromatic heterocycles. The van der Waals surface area contributed by atoms with Crippen LogP contribution in [0, 0.1) is 17.0 Å². The molecule has 11 heteroatoms. The molecule has 170 valence electrons. The standard InChI is InChI=1S/C21H23N3O7S/c1-14-5-10-18(24(27)28)13-19(14)32(29,30)22-17-8-6-16(7-9-17)21(26)31-15(2)20(25)23-11-3-4-12-23/h5-10,13,15,22H,3-4,11-12H2,1-2H3. The van der Waals surface area contributed by atoms with E-state index in [9.17, 15) is 28.1 Å². The number of hydrogen-bond donors (Lipinski definition) is 1. The average molecular weight is 461 g/mol. The number of nitro groups is 1. The molecule has 1 aliphatic rings. The molecule has 1 heterocycles. The second-order valence-corrected chi connectivity index (χ2v) is 9.12. The van der Waals surface area contributed by atoms with E-state index in [1.807, 2.05) is 0 Å². The highest BCUT2D eigenvalue weighted by Gasteiger charge is 2.26. The normalized spacial score (nSPS) is 14.6. The van der Waals surface area contributed by atoms with Crippen molar-refractivity contribution in [3.05, 3.63) is 63.7 Å². The third kappa shape index (κ3) is 5.22. The van der Waals surface area contributed by atoms with Crippen molar-refractivity contribution in [1.29, 1.82) is 0 Å². The summed E-state index contributed by atoms with van der Waals surface area (Å²) in [5, 5.41) is 11.0. The van der Waals surface area contributed by atoms with Gasteiger partial charge >= 0.3 is 5.97 Å². The van der Waals surface area contributed by atoms with Crippen molar-refractivity contribution in [2.45, 2.75) is 37.7 Å². The van der Waals surface area contributed by atoms with Gasteiger partial charge in [-0.05, 0) is 56.5 Å². The molecule has 1 atom stereocenters. The quantitative estimate of drug-likeness (QED) is 0.380. The van der Waals surface area contributed by atoms with Gasteiger partial charge in [0.25, 0.3) is 21.6 Å². The predicted octanol–water partition coefficient (Wildman–Crippen LogP) is 2.87. The number of amides is 1. The lowest BCUT2D eigenvalue weighted by Gasteiger charge is -2.20. The smallest absolute Gasteiger partial charge is 0.338 e. The second kappa shape index (κ2) is 9.35. The SMILES string of the molecule is Cc1ccc([N+](=O)[O-])cc1S(=O)(=O)Nc1ccc(C(=O)OC(C)C(=O)N2CCCC2)cc1. The Morgan fingerprint density at radius 3 is 2.34 bits per heavy atom. The van der Waals surface area contributed by atoms with E-state index in [4.69, 9.17) is 4.74 Å². The number of aryl methyl sites for hydroxylation is 1. The topological polar surface area (TPSA) is 136 Å². The Kier molecular flexibility index (Phi) is 6.78. The highest BCUT2D eigenvalue weighted by atomic mass is 32.2. The van der Waals surface area contributed by atoms with Crippen molar-refractivity contribution in [1.82, 2.24) is 4.90 Å². The highest BCUT2D eigenvalue weighted by molar-refractivity contribution is 7.92. The Labute approximate surface area is 185 Å². The summed E-state index contributed by atoms with van der Waals surface area (Å²) in [6.07, 6.45) is 0.940. The minimum atomic E-state index is -4.09. The molecule has 2 aromatic rings. The summed E-state index contributed by atoms with van der Waals surface area (Å²) in [5.41, 5.74) is 0.320. The van der Waals surface area contributed by atoms with Gasteiger partial charge in [0.1, 0.15) is 0 Å². The number of anilines is 1. The first-order valence-corrected chi connectivity index (χ1v) is 11.4. The van der Waals surface area contributed by atoms with Crippen LogP contribution in [0.3, 0.4) is 0 Å². The lowest BCUT2D eigenvalue weighted by molar-refractivity contribution is -0.385. The summed E-state index contributed by atoms with van der Waals surface area (Å²) in [5.74, 6) is -0.943. The highest BCUT2D eigenvalue weighted by Crippen LogP contribution is 2.24. The molecule has 0 aliphatic carbocycles. The Morgan fingerprint density at radius 1 is 1.12 bits per heavy atom. The van der Waals surface area contributed by atoms with Crippen LogP contribution in [0.25, 0.3) is 0 Å². The van der Waals surface area contributed by atoms with Gasteiger partial charge < -0.3 is 9.64 Å². The summed E-state index contributed by atoms with van der Waals surface area (Å²) in [4.78, 5) is 36.4. The number of nitrogens with one attached hydrogen (secondary N) is 1. The van der Waals surface area contributed by atoms with Crippen molar-refractivity contribution in [2.75, 3.05) is 17.8 Å². The maximum atomic E-state index is 12.7. The van der Waals surface area contributed by atoms with Crippen molar-refractivity contribution >= 4 is 33.3 Å². The summed E-state index contributed by atoms with van der Waals surface area (Å²) in [6.45, 7) is 4.35. The number of nitrogens with zero attached hydrogens (tertiary/aromatic N) is 2. The van der Waals surface area contributed by atoms with Crippen LogP contribution in [0.2, 0.25) is 0 Å². The maximum Gasteiger partial charge on any atom is 0.338 e. The monoisotopic (exact) mass is 461 g/mol. The second-order valence-electron chi connectivity index (χ2n) is 7.47. The largest absolute Gasteiger partial charge is 0.449 e. The van der Waals surface area contributed by atoms with Crippen LogP contribution in [-0.4, -0.2) is 49.3 Å². The molecule has 2 aromatic carbocycles. The fraction of sp³-hybridized carbons (Fsp3) is 0.333. The van der Waals surface area contributed by atoms with Crippen molar-refractivity contribution in [3.8, 4) is 0 Å². The first-order valence-electron chi connectivity index (χ1n) is 9.96. The summed E-state index contributed by atoms with van der Waals surface area (Å²) < 4.78 is 33.0. The number of carbonyl (C=O) groups excluding carboxylic acids is 2. The molecule has 32 heavy (non-hydrogen) atoms. The Hall–Kier alpha value is -3.47. The van der Waals surface area contributed by atoms with Gasteiger partial charge in [-0.25, -0.2) is 13.2 Å². The summed E-state index contributed by atoms with van der Waals surface area (Å²) in [7, 11) is -4.09. The first kappa shape index (κ1) is 23.2. The minimum absolute atomic E-state index is 0.153. The molecule has 1 amide bonds. The molecule has 1 unspecified atom stereocenters. The molecule has 1 aliphatic heterocycles. The molecule has 0 bridgehead atoms. The number of esters is 1. The molecular weight excluding hydrogens is 438 g/mol. The van der Waals surface area contributed by atoms with E-state index in [2.05, 4.69) is 4.72 Å². The van der Waals surface area contributed by atoms with Crippen LogP contribution < -0.4 is 4.72 Å². The van der Waals surface area contributed by atoms with E-state index >= 15 is 0 Å². The van der Waals surface area contributed by atoms with E-state index in [1.165, 1.54) is 50.2 Å². The van der Waals surface area contributed by atoms with Gasteiger partial charge in [-0.2, -0.15) is 0 Å². The zero-order valence-corrected chi connectivity index (χ0v) is 18.4. The third-order valence-electron chi connectivity index (χ3n) is 5.09. The van der Waals surface area contributed by atoms with Crippen LogP contribution in [0.1, 0.15) is 35.7 Å². The lowest BCUT2D eigenvalue weighted by Crippen LogP contribution is -2.38. The molecule has 3 rings (SSSR count). The number of non-ortho nitro benzene ring substituents is 1. The Balaban J connectivity index is 1.69. The number of nitro benzene ring substituents is 1. The van der Waals surface area contributed by atoms with Gasteiger partial charge in [0, 0.05) is 30.9 Å². The van der Waals surface area contributed by atoms with Gasteiger partial charge in [0.2, 0.25) is 0 Å². The van der Waals surface area contributed by atoms with Crippen LogP contribution >= 0.6 is 0 Å². The fourth-order valence-corrected chi connectivity index (χ4v) is 4.67. The lowest BCUT2D eigenvalue weighted by atomic mass is 10.2. The average Bonchev–Trinajstić information content (AvgIpc) is 3.28. The maximum absolute atomic E-state index is 12.7. The molecule has 1 N–H and O–H groups in total. The fourth-order valence-electron chi connectivity index (χ4n) is 3.35. The van der Waals surface area contributed by atoms with Gasteiger partial charge in [0.05, 0.1) is 15.4 Å². The zero-order valence-electron chi connectivity index (χ0n) is 17.6. The van der Waals surface area contributed by atoms with E-state index in [1.54, 1.807) is 4.90 Å². The van der Waals surface area contributed by atoms with Crippen LogP contribution in [0.4, 0.5) is 11.4 Å². The summed E-state index contributed by atoms with van der Waals surface area (Å²) >= 11 is 0. The van der Waals surface area contributed by atoms with Crippen molar-refractivity contribution in [3.63, 3.8) is 0 Å². The van der Waals surface area contributed by atoms with Gasteiger partial charge in [-0.15, -0.1) is 0 Å². The molecule has 10 nitrogen and oxygen atoms in total. The number of rotatable bonds is 7. The third-order valence-corrected chi connectivity index (χ3v) is 6.62. The van der Waals surface area contributed by atoms with Crippen LogP contribution in [-0.2, 0) is 19.6 Å². The first-order chi connectivity index (χ1) is 15.1. The number of hydrogen-bond acceptors (Lipinski definition) is 7. The van der Waals surface area contributed by atoms with Gasteiger partial charge in [0.15, 0.2) is 6.10 Å². The van der Waals surface area contributed by atoms with Crippen molar-refractivity contribution < 1.29 is 27.7 Å². The molecule has 0 spiro atoms. The van der Waals surface area contributed by atoms with E-state index in [0.29, 0.717) is 18.7 Å². The van der Waals surface area contributed by atoms with Gasteiger partial charge in [-0.1, -0.05) is 6.07 Å². The minimum Gasteiger partial charge on any atom is -0.449 e. The van der Waals surface area contributed by atoms with Crippen LogP contribution in [0.5, 0.6) is 0 Å². The van der Waals surface area contributed by atoms with E-state index in [0.717, 1.165) is 18.9 Å². The molecule has 0 radical (unpaired) electrons. The molecule has 1 saturated heterocycles. The number of sulfonamides is 1. The Morgan fingerprint density at radius 2 is 1.75 bits per heavy atom. The predicted molar refractivity (Wildman–Crippen MR) is 116 cm³/mol. The summed E-state index contributed by atoms with van der Waals surface area (Å²) in [6, 6.07) is 9.05. The van der Waals surface area contributed by atoms with E-state index < -0.39 is 27.0 Å². The molecule has 1 fully saturated rings. The number of likely N-dealkylation sites (tertiary alicyclic amines) is 1. The number of ether oxygens (including phenoxy) is 1. The molecule has 0 saturated carbocycles. The number of benzene rings is 2. The van der Waals surface area contributed by atoms with Crippen molar-refractivity contribution in [2.24, 2.45) is 0 Å². The molecular formula is C21H23N3O7S. The zero-order chi connectivity index (χ0) is 23.5.